The van der Waals surface area contributed by atoms with E-state index in [-0.39, 0.29) is 0 Å². The predicted octanol–water partition coefficient (Wildman–Crippen LogP) is 5.07. The van der Waals surface area contributed by atoms with E-state index in [9.17, 15) is 61.5 Å². The summed E-state index contributed by atoms with van der Waals surface area (Å²) in [5, 5.41) is 0. The Morgan fingerprint density at radius 1 is 0.500 bits per heavy atom. The van der Waals surface area contributed by atoms with Crippen molar-refractivity contribution in [2.45, 2.75) is 40.7 Å². The fourth-order valence-corrected chi connectivity index (χ4v) is 4.40. The molecule has 2 bridgehead atoms. The largest absolute Gasteiger partial charge is 0.357 e. The highest BCUT2D eigenvalue weighted by atomic mass is 19.3. The first-order chi connectivity index (χ1) is 11.3. The Hall–Kier alpha value is -1.50. The molecule has 0 N–H and O–H groups in total. The van der Waals surface area contributed by atoms with E-state index in [4.69, 9.17) is 0 Å². The molecule has 5 aliphatic carbocycles. The Kier molecular flexibility index (Phi) is 2.39. The van der Waals surface area contributed by atoms with Crippen LogP contribution in [0.2, 0.25) is 0 Å². The van der Waals surface area contributed by atoms with E-state index in [0.717, 1.165) is 0 Å². The van der Waals surface area contributed by atoms with Crippen molar-refractivity contribution < 1.29 is 61.5 Å². The molecule has 0 saturated heterocycles. The van der Waals surface area contributed by atoms with Crippen LogP contribution in [0.15, 0.2) is 23.1 Å². The van der Waals surface area contributed by atoms with Crippen LogP contribution >= 0.6 is 0 Å². The van der Waals surface area contributed by atoms with E-state index in [0.29, 0.717) is 0 Å². The molecule has 2 saturated carbocycles. The van der Waals surface area contributed by atoms with Crippen LogP contribution in [-0.4, -0.2) is 40.7 Å². The van der Waals surface area contributed by atoms with E-state index in [1.165, 1.54) is 0 Å². The van der Waals surface area contributed by atoms with E-state index in [2.05, 4.69) is 0 Å². The number of halogens is 14. The van der Waals surface area contributed by atoms with Gasteiger partial charge >= 0.3 is 23.7 Å². The monoisotopic (exact) mass is 410 g/mol. The molecule has 4 atom stereocenters. The van der Waals surface area contributed by atoms with E-state index >= 15 is 0 Å². The lowest BCUT2D eigenvalue weighted by Gasteiger charge is -2.55. The molecule has 0 radical (unpaired) electrons. The number of hydrogen-bond acceptors (Lipinski definition) is 0. The molecule has 5 rings (SSSR count). The molecule has 0 aromatic rings. The van der Waals surface area contributed by atoms with Gasteiger partial charge in [-0.15, -0.1) is 0 Å². The van der Waals surface area contributed by atoms with Gasteiger partial charge in [-0.1, -0.05) is 0 Å². The van der Waals surface area contributed by atoms with Crippen molar-refractivity contribution in [3.8, 4) is 0 Å². The summed E-state index contributed by atoms with van der Waals surface area (Å²) in [5.41, 5.74) is -28.2. The fourth-order valence-electron chi connectivity index (χ4n) is 4.40. The van der Waals surface area contributed by atoms with Gasteiger partial charge in [-0.25, -0.2) is 35.1 Å². The van der Waals surface area contributed by atoms with Crippen molar-refractivity contribution in [2.75, 3.05) is 0 Å². The predicted molar refractivity (Wildman–Crippen MR) is 51.1 cm³/mol. The average Bonchev–Trinajstić information content (AvgIpc) is 2.84. The maximum Gasteiger partial charge on any atom is 0.357 e. The fraction of sp³-hybridized carbons (Fsp3) is 0.667. The molecule has 2 fully saturated rings. The van der Waals surface area contributed by atoms with Gasteiger partial charge in [-0.2, -0.15) is 26.3 Å². The Labute approximate surface area is 132 Å². The summed E-state index contributed by atoms with van der Waals surface area (Å²) in [6.07, 6.45) is 0. The summed E-state index contributed by atoms with van der Waals surface area (Å²) in [6.45, 7) is 0. The van der Waals surface area contributed by atoms with Gasteiger partial charge in [0.2, 0.25) is 0 Å². The summed E-state index contributed by atoms with van der Waals surface area (Å²) in [6, 6.07) is 0. The lowest BCUT2D eigenvalue weighted by molar-refractivity contribution is -0.350. The van der Waals surface area contributed by atoms with Crippen LogP contribution in [0.4, 0.5) is 61.5 Å². The summed E-state index contributed by atoms with van der Waals surface area (Å²) in [7, 11) is 0. The van der Waals surface area contributed by atoms with Crippen molar-refractivity contribution in [1.82, 2.24) is 0 Å². The second-order valence-electron chi connectivity index (χ2n) is 6.34. The highest BCUT2D eigenvalue weighted by molar-refractivity contribution is 5.73. The van der Waals surface area contributed by atoms with Crippen LogP contribution in [0.25, 0.3) is 0 Å². The quantitative estimate of drug-likeness (QED) is 0.490. The molecule has 0 nitrogen and oxygen atoms in total. The van der Waals surface area contributed by atoms with E-state index < -0.39 is 69.2 Å². The summed E-state index contributed by atoms with van der Waals surface area (Å²) < 4.78 is 195. The minimum Gasteiger partial charge on any atom is -0.228 e. The van der Waals surface area contributed by atoms with Crippen molar-refractivity contribution in [3.63, 3.8) is 0 Å². The van der Waals surface area contributed by atoms with Crippen LogP contribution in [0, 0.1) is 5.41 Å². The van der Waals surface area contributed by atoms with Gasteiger partial charge in [0.1, 0.15) is 0 Å². The SMILES string of the molecule is FC1=C(F)[C@@]2(F)C(F)(F)C(F)(F)C1(F)C1=C(F)C(F)(F)[C@]3(F)C(F)(F)C123. The Morgan fingerprint density at radius 2 is 0.962 bits per heavy atom. The molecule has 0 aliphatic heterocycles. The first kappa shape index (κ1) is 17.9. The summed E-state index contributed by atoms with van der Waals surface area (Å²) >= 11 is 0. The van der Waals surface area contributed by atoms with E-state index in [1.807, 2.05) is 0 Å². The van der Waals surface area contributed by atoms with Gasteiger partial charge < -0.3 is 0 Å². The average molecular weight is 410 g/mol. The normalized spacial score (nSPS) is 51.5. The first-order valence-corrected chi connectivity index (χ1v) is 6.40. The van der Waals surface area contributed by atoms with Crippen molar-refractivity contribution in [3.05, 3.63) is 23.1 Å². The van der Waals surface area contributed by atoms with Gasteiger partial charge in [0.25, 0.3) is 17.0 Å². The number of fused-ring (bicyclic) bond motifs is 1. The van der Waals surface area contributed by atoms with Crippen LogP contribution in [0.3, 0.4) is 0 Å². The lowest BCUT2D eigenvalue weighted by Crippen LogP contribution is -2.79. The minimum atomic E-state index is -6.98. The molecule has 0 amide bonds. The van der Waals surface area contributed by atoms with Gasteiger partial charge in [-0.3, -0.25) is 0 Å². The molecule has 0 aromatic carbocycles. The van der Waals surface area contributed by atoms with Gasteiger partial charge in [0.15, 0.2) is 22.9 Å². The zero-order chi connectivity index (χ0) is 20.3. The highest BCUT2D eigenvalue weighted by Gasteiger charge is 3.19. The number of hydrogen-bond donors (Lipinski definition) is 0. The first-order valence-electron chi connectivity index (χ1n) is 6.40. The maximum absolute atomic E-state index is 14.7. The van der Waals surface area contributed by atoms with Crippen molar-refractivity contribution in [1.29, 1.82) is 0 Å². The molecule has 146 valence electrons. The van der Waals surface area contributed by atoms with E-state index in [1.54, 1.807) is 0 Å². The van der Waals surface area contributed by atoms with Gasteiger partial charge in [0.05, 0.1) is 0 Å². The van der Waals surface area contributed by atoms with Crippen LogP contribution in [-0.2, 0) is 0 Å². The molecule has 26 heavy (non-hydrogen) atoms. The van der Waals surface area contributed by atoms with Crippen LogP contribution in [0.1, 0.15) is 0 Å². The van der Waals surface area contributed by atoms with Crippen LogP contribution in [0.5, 0.6) is 0 Å². The smallest absolute Gasteiger partial charge is 0.228 e. The molecule has 0 heterocycles. The molecule has 5 aliphatic rings. The van der Waals surface area contributed by atoms with Crippen LogP contribution < -0.4 is 0 Å². The molecule has 2 unspecified atom stereocenters. The highest BCUT2D eigenvalue weighted by Crippen LogP contribution is 2.95. The zero-order valence-electron chi connectivity index (χ0n) is 11.3. The zero-order valence-corrected chi connectivity index (χ0v) is 11.3. The third-order valence-electron chi connectivity index (χ3n) is 5.58. The second-order valence-corrected chi connectivity index (χ2v) is 6.34. The van der Waals surface area contributed by atoms with Crippen molar-refractivity contribution in [2.24, 2.45) is 5.41 Å². The number of allylic oxidation sites excluding steroid dienone is 4. The summed E-state index contributed by atoms with van der Waals surface area (Å²) in [4.78, 5) is 0. The third kappa shape index (κ3) is 0.917. The molecular formula is C12F14. The Bertz CT molecular complexity index is 852. The number of alkyl halides is 11. The topological polar surface area (TPSA) is 0 Å². The third-order valence-corrected chi connectivity index (χ3v) is 5.58. The molecule has 14 heteroatoms. The summed E-state index contributed by atoms with van der Waals surface area (Å²) in [5.74, 6) is -37.9. The molecule has 1 spiro atoms. The molecule has 0 aromatic heterocycles. The minimum absolute atomic E-state index is 3.60. The second kappa shape index (κ2) is 3.48. The lowest BCUT2D eigenvalue weighted by atomic mass is 9.55. The Balaban J connectivity index is 2.31. The standard InChI is InChI=1S/C12F14/c13-2-1-5(16)3(14)4(15)7(17,12(25,26)10(5,21)22)6(1)9(20,8(2,18)19)11(6,23)24/t5?,6?,7-,9-/m0/s1. The van der Waals surface area contributed by atoms with Crippen molar-refractivity contribution >= 4 is 0 Å². The number of rotatable bonds is 0. The Morgan fingerprint density at radius 3 is 1.42 bits per heavy atom. The molecular weight excluding hydrogens is 410 g/mol. The van der Waals surface area contributed by atoms with Gasteiger partial charge in [0, 0.05) is 5.57 Å². The van der Waals surface area contributed by atoms with Gasteiger partial charge in [-0.05, 0) is 0 Å². The maximum atomic E-state index is 14.7.